The molecule has 0 radical (unpaired) electrons. The van der Waals surface area contributed by atoms with E-state index in [-0.39, 0.29) is 28.7 Å². The average molecular weight is 597 g/mol. The normalized spacial score (nSPS) is 17.3. The second-order valence-electron chi connectivity index (χ2n) is 8.23. The summed E-state index contributed by atoms with van der Waals surface area (Å²) in [5, 5.41) is 2.29. The van der Waals surface area contributed by atoms with E-state index in [4.69, 9.17) is 4.74 Å². The third-order valence-corrected chi connectivity index (χ3v) is 8.27. The van der Waals surface area contributed by atoms with Gasteiger partial charge in [0.05, 0.1) is 23.2 Å². The van der Waals surface area contributed by atoms with Gasteiger partial charge in [0, 0.05) is 22.1 Å². The lowest BCUT2D eigenvalue weighted by Crippen LogP contribution is -2.26. The van der Waals surface area contributed by atoms with Gasteiger partial charge in [0.15, 0.2) is 0 Å². The fourth-order valence-corrected chi connectivity index (χ4v) is 6.03. The minimum atomic E-state index is -3.77. The Morgan fingerprint density at radius 2 is 1.85 bits per heavy atom. The summed E-state index contributed by atoms with van der Waals surface area (Å²) in [6.07, 6.45) is 0.489. The van der Waals surface area contributed by atoms with Gasteiger partial charge in [0.1, 0.15) is 17.4 Å². The Morgan fingerprint density at radius 3 is 2.50 bits per heavy atom. The highest BCUT2D eigenvalue weighted by atomic mass is 127. The van der Waals surface area contributed by atoms with Crippen molar-refractivity contribution in [1.29, 1.82) is 0 Å². The van der Waals surface area contributed by atoms with Crippen molar-refractivity contribution < 1.29 is 17.5 Å². The van der Waals surface area contributed by atoms with Crippen molar-refractivity contribution in [3.05, 3.63) is 79.4 Å². The van der Waals surface area contributed by atoms with E-state index < -0.39 is 21.1 Å². The molecule has 1 saturated carbocycles. The van der Waals surface area contributed by atoms with Crippen LogP contribution in [0.2, 0.25) is 0 Å². The number of anilines is 3. The van der Waals surface area contributed by atoms with Gasteiger partial charge in [-0.2, -0.15) is 0 Å². The minimum absolute atomic E-state index is 0.133. The third kappa shape index (κ3) is 5.07. The van der Waals surface area contributed by atoms with E-state index in [0.29, 0.717) is 22.2 Å². The molecule has 2 N–H and O–H groups in total. The van der Waals surface area contributed by atoms with E-state index in [1.807, 2.05) is 53.8 Å². The molecule has 34 heavy (non-hydrogen) atoms. The summed E-state index contributed by atoms with van der Waals surface area (Å²) < 4.78 is 51.0. The molecule has 1 aromatic heterocycles. The fourth-order valence-electron chi connectivity index (χ4n) is 3.91. The predicted octanol–water partition coefficient (Wildman–Crippen LogP) is 4.88. The largest absolute Gasteiger partial charge is 0.494 e. The molecule has 7 nitrogen and oxygen atoms in total. The number of aryl methyl sites for hydroxylation is 1. The van der Waals surface area contributed by atoms with Crippen LogP contribution in [0.25, 0.3) is 0 Å². The molecule has 1 aliphatic rings. The van der Waals surface area contributed by atoms with Crippen LogP contribution in [0.3, 0.4) is 0 Å². The molecule has 2 atom stereocenters. The molecule has 180 valence electrons. The maximum Gasteiger partial charge on any atom is 0.254 e. The predicted molar refractivity (Wildman–Crippen MR) is 140 cm³/mol. The standard InChI is InChI=1S/C24H25FIN3O4S/c1-4-33-17-8-5-15(6-9-17)18-13-22(18)34(31,32)28-21-11-14(2)24(30)29(3)23(21)27-20-10-7-16(26)12-19(20)25/h5-12,18,22,27-28H,4,13H2,1-3H3. The van der Waals surface area contributed by atoms with Crippen LogP contribution < -0.4 is 20.3 Å². The Labute approximate surface area is 211 Å². The Bertz CT molecular complexity index is 1390. The lowest BCUT2D eigenvalue weighted by atomic mass is 10.1. The van der Waals surface area contributed by atoms with Crippen molar-refractivity contribution in [1.82, 2.24) is 4.57 Å². The number of pyridine rings is 1. The van der Waals surface area contributed by atoms with Gasteiger partial charge < -0.3 is 10.1 Å². The van der Waals surface area contributed by atoms with Crippen LogP contribution in [0.1, 0.15) is 30.4 Å². The first-order chi connectivity index (χ1) is 16.1. The van der Waals surface area contributed by atoms with Gasteiger partial charge in [0.25, 0.3) is 5.56 Å². The number of nitrogens with zero attached hydrogens (tertiary/aromatic N) is 1. The van der Waals surface area contributed by atoms with Crippen molar-refractivity contribution >= 4 is 49.8 Å². The summed E-state index contributed by atoms with van der Waals surface area (Å²) in [5.74, 6) is 0.263. The van der Waals surface area contributed by atoms with Gasteiger partial charge in [-0.1, -0.05) is 12.1 Å². The van der Waals surface area contributed by atoms with E-state index in [2.05, 4.69) is 10.0 Å². The summed E-state index contributed by atoms with van der Waals surface area (Å²) in [5.41, 5.74) is 1.31. The summed E-state index contributed by atoms with van der Waals surface area (Å²) in [6, 6.07) is 13.5. The third-order valence-electron chi connectivity index (χ3n) is 5.78. The first-order valence-corrected chi connectivity index (χ1v) is 13.4. The van der Waals surface area contributed by atoms with E-state index in [0.717, 1.165) is 11.3 Å². The van der Waals surface area contributed by atoms with Crippen molar-refractivity contribution in [2.45, 2.75) is 31.4 Å². The molecule has 2 unspecified atom stereocenters. The Morgan fingerprint density at radius 1 is 1.15 bits per heavy atom. The van der Waals surface area contributed by atoms with Gasteiger partial charge in [-0.25, -0.2) is 12.8 Å². The maximum absolute atomic E-state index is 14.5. The van der Waals surface area contributed by atoms with Gasteiger partial charge in [-0.15, -0.1) is 0 Å². The number of benzene rings is 2. The first-order valence-electron chi connectivity index (χ1n) is 10.8. The van der Waals surface area contributed by atoms with Crippen LogP contribution in [0.15, 0.2) is 53.3 Å². The summed E-state index contributed by atoms with van der Waals surface area (Å²) in [7, 11) is -2.25. The number of hydrogen-bond acceptors (Lipinski definition) is 5. The molecule has 4 rings (SSSR count). The number of ether oxygens (including phenoxy) is 1. The highest BCUT2D eigenvalue weighted by molar-refractivity contribution is 14.1. The quantitative estimate of drug-likeness (QED) is 0.362. The highest BCUT2D eigenvalue weighted by Gasteiger charge is 2.48. The van der Waals surface area contributed by atoms with Gasteiger partial charge >= 0.3 is 0 Å². The van der Waals surface area contributed by atoms with Crippen LogP contribution in [0.4, 0.5) is 21.6 Å². The first kappa shape index (κ1) is 24.5. The lowest BCUT2D eigenvalue weighted by Gasteiger charge is -2.19. The van der Waals surface area contributed by atoms with Gasteiger partial charge in [-0.3, -0.25) is 14.1 Å². The van der Waals surface area contributed by atoms with Crippen LogP contribution >= 0.6 is 22.6 Å². The molecule has 3 aromatic rings. The molecule has 0 aliphatic heterocycles. The summed E-state index contributed by atoms with van der Waals surface area (Å²) in [6.45, 7) is 4.07. The number of halogens is 2. The minimum Gasteiger partial charge on any atom is -0.494 e. The molecule has 2 aromatic carbocycles. The molecule has 0 spiro atoms. The summed E-state index contributed by atoms with van der Waals surface area (Å²) in [4.78, 5) is 12.5. The van der Waals surface area contributed by atoms with Crippen molar-refractivity contribution in [3.8, 4) is 5.75 Å². The van der Waals surface area contributed by atoms with E-state index in [1.54, 1.807) is 19.1 Å². The fraction of sp³-hybridized carbons (Fsp3) is 0.292. The van der Waals surface area contributed by atoms with Crippen LogP contribution in [0.5, 0.6) is 5.75 Å². The smallest absolute Gasteiger partial charge is 0.254 e. The highest BCUT2D eigenvalue weighted by Crippen LogP contribution is 2.47. The van der Waals surface area contributed by atoms with Crippen LogP contribution in [0, 0.1) is 16.3 Å². The SMILES string of the molecule is CCOc1ccc(C2CC2S(=O)(=O)Nc2cc(C)c(=O)n(C)c2Nc2ccc(I)cc2F)cc1. The lowest BCUT2D eigenvalue weighted by molar-refractivity contribution is 0.340. The monoisotopic (exact) mass is 597 g/mol. The number of nitrogens with one attached hydrogen (secondary N) is 2. The Balaban J connectivity index is 1.61. The maximum atomic E-state index is 14.5. The van der Waals surface area contributed by atoms with Crippen molar-refractivity contribution in [3.63, 3.8) is 0 Å². The zero-order valence-corrected chi connectivity index (χ0v) is 21.9. The molecule has 0 amide bonds. The molecular weight excluding hydrogens is 572 g/mol. The van der Waals surface area contributed by atoms with E-state index >= 15 is 0 Å². The molecular formula is C24H25FIN3O4S. The zero-order valence-electron chi connectivity index (χ0n) is 18.9. The second kappa shape index (κ2) is 9.57. The number of aromatic nitrogens is 1. The Kier molecular flexibility index (Phi) is 6.90. The zero-order chi connectivity index (χ0) is 24.6. The topological polar surface area (TPSA) is 89.4 Å². The molecule has 10 heteroatoms. The van der Waals surface area contributed by atoms with Crippen molar-refractivity contribution in [2.24, 2.45) is 7.05 Å². The number of sulfonamides is 1. The van der Waals surface area contributed by atoms with Crippen LogP contribution in [-0.2, 0) is 17.1 Å². The van der Waals surface area contributed by atoms with E-state index in [1.165, 1.54) is 23.7 Å². The van der Waals surface area contributed by atoms with Gasteiger partial charge in [0.2, 0.25) is 10.0 Å². The average Bonchev–Trinajstić information content (AvgIpc) is 3.59. The number of hydrogen-bond donors (Lipinski definition) is 2. The van der Waals surface area contributed by atoms with Crippen LogP contribution in [-0.4, -0.2) is 24.8 Å². The van der Waals surface area contributed by atoms with Crippen molar-refractivity contribution in [2.75, 3.05) is 16.6 Å². The second-order valence-corrected chi connectivity index (χ2v) is 11.4. The Hall–Kier alpha value is -2.60. The summed E-state index contributed by atoms with van der Waals surface area (Å²) >= 11 is 2.00. The van der Waals surface area contributed by atoms with Gasteiger partial charge in [-0.05, 0) is 84.8 Å². The molecule has 0 bridgehead atoms. The molecule has 1 heterocycles. The number of rotatable bonds is 8. The molecule has 1 aliphatic carbocycles. The van der Waals surface area contributed by atoms with E-state index in [9.17, 15) is 17.6 Å². The molecule has 1 fully saturated rings. The molecule has 0 saturated heterocycles.